The lowest BCUT2D eigenvalue weighted by atomic mass is 10.0. The summed E-state index contributed by atoms with van der Waals surface area (Å²) in [6.45, 7) is 0. The van der Waals surface area contributed by atoms with Gasteiger partial charge in [0.1, 0.15) is 23.4 Å². The summed E-state index contributed by atoms with van der Waals surface area (Å²) in [5, 5.41) is 9.33. The van der Waals surface area contributed by atoms with Crippen molar-refractivity contribution in [1.82, 2.24) is 9.55 Å². The Hall–Kier alpha value is -4.18. The molecular formula is C21H13FN4O2. The lowest BCUT2D eigenvalue weighted by Crippen LogP contribution is -2.17. The van der Waals surface area contributed by atoms with Crippen LogP contribution in [-0.4, -0.2) is 9.55 Å². The Bertz CT molecular complexity index is 1270. The van der Waals surface area contributed by atoms with Crippen molar-refractivity contribution in [2.75, 3.05) is 5.73 Å². The van der Waals surface area contributed by atoms with E-state index in [0.717, 1.165) is 0 Å². The number of para-hydroxylation sites is 1. The van der Waals surface area contributed by atoms with Crippen molar-refractivity contribution in [2.45, 2.75) is 0 Å². The molecule has 0 amide bonds. The Balaban J connectivity index is 1.98. The Labute approximate surface area is 158 Å². The van der Waals surface area contributed by atoms with E-state index in [2.05, 4.69) is 4.98 Å². The van der Waals surface area contributed by atoms with Gasteiger partial charge in [-0.2, -0.15) is 5.26 Å². The summed E-state index contributed by atoms with van der Waals surface area (Å²) in [5.41, 5.74) is 7.29. The quantitative estimate of drug-likeness (QED) is 0.591. The number of halogens is 1. The number of hydrogen-bond acceptors (Lipinski definition) is 5. The Morgan fingerprint density at radius 2 is 1.96 bits per heavy atom. The number of rotatable bonds is 3. The molecule has 28 heavy (non-hydrogen) atoms. The number of nitrogens with two attached hydrogens (primary N) is 1. The van der Waals surface area contributed by atoms with Crippen molar-refractivity contribution in [3.63, 3.8) is 0 Å². The standard InChI is InChI=1S/C21H13FN4O2/c22-16-4-1-2-5-17(16)26-12-13(7-8-19(26)27)15-10-14(11-23)21(24)25-20(15)18-6-3-9-28-18/h1-10,12H,(H2,24,25). The van der Waals surface area contributed by atoms with E-state index in [0.29, 0.717) is 22.6 Å². The van der Waals surface area contributed by atoms with E-state index < -0.39 is 11.4 Å². The zero-order valence-electron chi connectivity index (χ0n) is 14.5. The van der Waals surface area contributed by atoms with Gasteiger partial charge in [0.25, 0.3) is 5.56 Å². The van der Waals surface area contributed by atoms with Gasteiger partial charge in [0.15, 0.2) is 5.76 Å². The average Bonchev–Trinajstić information content (AvgIpc) is 3.24. The molecule has 3 aromatic heterocycles. The van der Waals surface area contributed by atoms with Crippen LogP contribution in [-0.2, 0) is 0 Å². The number of aromatic nitrogens is 2. The SMILES string of the molecule is N#Cc1cc(-c2ccc(=O)n(-c3ccccc3F)c2)c(-c2ccco2)nc1N. The fraction of sp³-hybridized carbons (Fsp3) is 0. The van der Waals surface area contributed by atoms with Crippen LogP contribution in [0.4, 0.5) is 10.2 Å². The first-order valence-corrected chi connectivity index (χ1v) is 8.31. The summed E-state index contributed by atoms with van der Waals surface area (Å²) >= 11 is 0. The molecule has 2 N–H and O–H groups in total. The highest BCUT2D eigenvalue weighted by atomic mass is 19.1. The number of nitrogen functional groups attached to an aromatic ring is 1. The molecule has 0 radical (unpaired) electrons. The van der Waals surface area contributed by atoms with Crippen LogP contribution in [0.25, 0.3) is 28.3 Å². The third kappa shape index (κ3) is 2.93. The van der Waals surface area contributed by atoms with Crippen molar-refractivity contribution in [3.05, 3.63) is 88.8 Å². The molecule has 0 aliphatic heterocycles. The summed E-state index contributed by atoms with van der Waals surface area (Å²) < 4.78 is 20.9. The van der Waals surface area contributed by atoms with Crippen LogP contribution >= 0.6 is 0 Å². The highest BCUT2D eigenvalue weighted by molar-refractivity contribution is 5.81. The second kappa shape index (κ2) is 6.85. The first-order chi connectivity index (χ1) is 13.6. The van der Waals surface area contributed by atoms with Crippen LogP contribution in [0.3, 0.4) is 0 Å². The Morgan fingerprint density at radius 1 is 1.14 bits per heavy atom. The zero-order valence-corrected chi connectivity index (χ0v) is 14.5. The van der Waals surface area contributed by atoms with E-state index in [-0.39, 0.29) is 17.1 Å². The molecule has 0 fully saturated rings. The summed E-state index contributed by atoms with van der Waals surface area (Å²) in [5.74, 6) is -0.00365. The van der Waals surface area contributed by atoms with Crippen LogP contribution in [0.1, 0.15) is 5.56 Å². The van der Waals surface area contributed by atoms with E-state index >= 15 is 0 Å². The third-order valence-corrected chi connectivity index (χ3v) is 4.26. The number of benzene rings is 1. The molecule has 0 spiro atoms. The third-order valence-electron chi connectivity index (χ3n) is 4.26. The van der Waals surface area contributed by atoms with Crippen LogP contribution in [0.5, 0.6) is 0 Å². The number of anilines is 1. The largest absolute Gasteiger partial charge is 0.463 e. The zero-order chi connectivity index (χ0) is 19.7. The molecule has 0 atom stereocenters. The molecule has 0 aliphatic carbocycles. The summed E-state index contributed by atoms with van der Waals surface area (Å²) in [6, 6.07) is 15.9. The summed E-state index contributed by atoms with van der Waals surface area (Å²) in [7, 11) is 0. The number of pyridine rings is 2. The minimum absolute atomic E-state index is 0.0695. The predicted molar refractivity (Wildman–Crippen MR) is 102 cm³/mol. The van der Waals surface area contributed by atoms with E-state index in [4.69, 9.17) is 10.2 Å². The number of furan rings is 1. The van der Waals surface area contributed by atoms with Gasteiger partial charge in [-0.15, -0.1) is 0 Å². The van der Waals surface area contributed by atoms with E-state index in [1.165, 1.54) is 35.2 Å². The molecule has 6 nitrogen and oxygen atoms in total. The van der Waals surface area contributed by atoms with Crippen LogP contribution in [0.15, 0.2) is 76.3 Å². The van der Waals surface area contributed by atoms with Crippen molar-refractivity contribution in [1.29, 1.82) is 5.26 Å². The second-order valence-corrected chi connectivity index (χ2v) is 5.98. The Morgan fingerprint density at radius 3 is 2.68 bits per heavy atom. The van der Waals surface area contributed by atoms with Gasteiger partial charge in [-0.05, 0) is 36.4 Å². The lowest BCUT2D eigenvalue weighted by Gasteiger charge is -2.12. The van der Waals surface area contributed by atoms with E-state index in [9.17, 15) is 14.4 Å². The van der Waals surface area contributed by atoms with E-state index in [1.54, 1.807) is 36.4 Å². The molecular weight excluding hydrogens is 359 g/mol. The molecule has 0 bridgehead atoms. The van der Waals surface area contributed by atoms with Gasteiger partial charge in [0, 0.05) is 23.4 Å². The number of nitrogens with zero attached hydrogens (tertiary/aromatic N) is 3. The molecule has 0 saturated carbocycles. The van der Waals surface area contributed by atoms with Gasteiger partial charge in [0.05, 0.1) is 17.5 Å². The fourth-order valence-electron chi connectivity index (χ4n) is 2.92. The topological polar surface area (TPSA) is 97.8 Å². The monoisotopic (exact) mass is 372 g/mol. The maximum Gasteiger partial charge on any atom is 0.255 e. The van der Waals surface area contributed by atoms with E-state index in [1.807, 2.05) is 6.07 Å². The van der Waals surface area contributed by atoms with Crippen molar-refractivity contribution < 1.29 is 8.81 Å². The minimum Gasteiger partial charge on any atom is -0.463 e. The highest BCUT2D eigenvalue weighted by Crippen LogP contribution is 2.33. The van der Waals surface area contributed by atoms with Crippen LogP contribution in [0.2, 0.25) is 0 Å². The average molecular weight is 372 g/mol. The number of hydrogen-bond donors (Lipinski definition) is 1. The molecule has 0 saturated heterocycles. The van der Waals surface area contributed by atoms with Gasteiger partial charge in [-0.25, -0.2) is 9.37 Å². The smallest absolute Gasteiger partial charge is 0.255 e. The van der Waals surface area contributed by atoms with Crippen LogP contribution < -0.4 is 11.3 Å². The first-order valence-electron chi connectivity index (χ1n) is 8.31. The van der Waals surface area contributed by atoms with Gasteiger partial charge in [0.2, 0.25) is 0 Å². The van der Waals surface area contributed by atoms with Crippen LogP contribution in [0, 0.1) is 17.1 Å². The molecule has 4 aromatic rings. The maximum absolute atomic E-state index is 14.2. The second-order valence-electron chi connectivity index (χ2n) is 5.98. The molecule has 3 heterocycles. The first kappa shape index (κ1) is 17.2. The van der Waals surface area contributed by atoms with Crippen molar-refractivity contribution in [2.24, 2.45) is 0 Å². The normalized spacial score (nSPS) is 10.6. The van der Waals surface area contributed by atoms with Crippen molar-refractivity contribution in [3.8, 4) is 34.3 Å². The molecule has 7 heteroatoms. The predicted octanol–water partition coefficient (Wildman–Crippen LogP) is 3.75. The van der Waals surface area contributed by atoms with Gasteiger partial charge >= 0.3 is 0 Å². The Kier molecular flexibility index (Phi) is 4.22. The minimum atomic E-state index is -0.527. The molecule has 0 unspecified atom stereocenters. The van der Waals surface area contributed by atoms with Gasteiger partial charge in [-0.3, -0.25) is 9.36 Å². The molecule has 1 aromatic carbocycles. The molecule has 0 aliphatic rings. The number of nitriles is 1. The molecule has 136 valence electrons. The summed E-state index contributed by atoms with van der Waals surface area (Å²) in [4.78, 5) is 16.6. The fourth-order valence-corrected chi connectivity index (χ4v) is 2.92. The maximum atomic E-state index is 14.2. The van der Waals surface area contributed by atoms with Gasteiger partial charge in [-0.1, -0.05) is 12.1 Å². The highest BCUT2D eigenvalue weighted by Gasteiger charge is 2.17. The summed E-state index contributed by atoms with van der Waals surface area (Å²) in [6.07, 6.45) is 3.00. The van der Waals surface area contributed by atoms with Gasteiger partial charge < -0.3 is 10.2 Å². The lowest BCUT2D eigenvalue weighted by molar-refractivity contribution is 0.580. The molecule has 4 rings (SSSR count). The van der Waals surface area contributed by atoms with Crippen molar-refractivity contribution >= 4 is 5.82 Å².